The van der Waals surface area contributed by atoms with Crippen LogP contribution < -0.4 is 0 Å². The number of hydrogen-bond donors (Lipinski definition) is 1. The van der Waals surface area contributed by atoms with E-state index in [1.54, 1.807) is 0 Å². The Bertz CT molecular complexity index is 356. The maximum absolute atomic E-state index is 11.8. The number of nitrogens with one attached hydrogen (secondary N) is 1. The first-order valence-electron chi connectivity index (χ1n) is 5.45. The highest BCUT2D eigenvalue weighted by Gasteiger charge is 2.21. The molecule has 4 nitrogen and oxygen atoms in total. The second-order valence-electron chi connectivity index (χ2n) is 4.54. The van der Waals surface area contributed by atoms with Gasteiger partial charge in [-0.1, -0.05) is 13.8 Å². The molecule has 1 amide bonds. The summed E-state index contributed by atoms with van der Waals surface area (Å²) in [5.74, 6) is 0.695. The van der Waals surface area contributed by atoms with Gasteiger partial charge < -0.3 is 4.90 Å². The van der Waals surface area contributed by atoms with Gasteiger partial charge in [-0.3, -0.25) is 9.89 Å². The Labute approximate surface area is 89.7 Å². The highest BCUT2D eigenvalue weighted by molar-refractivity contribution is 5.76. The van der Waals surface area contributed by atoms with Crippen LogP contribution in [0.2, 0.25) is 0 Å². The standard InChI is InChI=1S/C11H17N3O/c1-8(2)5-11(15)14-4-3-10-9(7-14)6-12-13-10/h6,8H,3-5,7H2,1-2H3,(H,12,13). The molecule has 0 bridgehead atoms. The van der Waals surface area contributed by atoms with Crippen molar-refractivity contribution in [3.63, 3.8) is 0 Å². The molecule has 15 heavy (non-hydrogen) atoms. The van der Waals surface area contributed by atoms with Gasteiger partial charge in [0.25, 0.3) is 0 Å². The average Bonchev–Trinajstić information content (AvgIpc) is 2.62. The van der Waals surface area contributed by atoms with Gasteiger partial charge in [-0.15, -0.1) is 0 Å². The van der Waals surface area contributed by atoms with Gasteiger partial charge in [0.05, 0.1) is 6.20 Å². The molecule has 0 fully saturated rings. The summed E-state index contributed by atoms with van der Waals surface area (Å²) in [7, 11) is 0. The third-order valence-corrected chi connectivity index (χ3v) is 2.74. The normalized spacial score (nSPS) is 15.5. The first-order valence-corrected chi connectivity index (χ1v) is 5.45. The summed E-state index contributed by atoms with van der Waals surface area (Å²) in [6, 6.07) is 0. The lowest BCUT2D eigenvalue weighted by molar-refractivity contribution is -0.132. The zero-order valence-corrected chi connectivity index (χ0v) is 9.29. The first-order chi connectivity index (χ1) is 7.16. The lowest BCUT2D eigenvalue weighted by Gasteiger charge is -2.27. The van der Waals surface area contributed by atoms with Crippen LogP contribution in [-0.4, -0.2) is 27.5 Å². The van der Waals surface area contributed by atoms with E-state index in [4.69, 9.17) is 0 Å². The molecule has 0 aromatic carbocycles. The lowest BCUT2D eigenvalue weighted by Crippen LogP contribution is -2.36. The predicted octanol–water partition coefficient (Wildman–Crippen LogP) is 1.34. The number of carbonyl (C=O) groups is 1. The second-order valence-corrected chi connectivity index (χ2v) is 4.54. The Balaban J connectivity index is 2.00. The molecule has 0 radical (unpaired) electrons. The molecule has 1 N–H and O–H groups in total. The third kappa shape index (κ3) is 2.19. The second kappa shape index (κ2) is 4.04. The van der Waals surface area contributed by atoms with Gasteiger partial charge in [0.15, 0.2) is 0 Å². The van der Waals surface area contributed by atoms with Crippen molar-refractivity contribution in [2.45, 2.75) is 33.2 Å². The Morgan fingerprint density at radius 2 is 2.47 bits per heavy atom. The van der Waals surface area contributed by atoms with E-state index in [0.29, 0.717) is 12.3 Å². The summed E-state index contributed by atoms with van der Waals surface area (Å²) in [4.78, 5) is 13.8. The van der Waals surface area contributed by atoms with Crippen LogP contribution in [0, 0.1) is 5.92 Å². The van der Waals surface area contributed by atoms with E-state index in [0.717, 1.165) is 19.5 Å². The fraction of sp³-hybridized carbons (Fsp3) is 0.636. The van der Waals surface area contributed by atoms with Crippen LogP contribution in [0.3, 0.4) is 0 Å². The molecule has 1 aromatic heterocycles. The van der Waals surface area contributed by atoms with E-state index in [-0.39, 0.29) is 5.91 Å². The van der Waals surface area contributed by atoms with Crippen LogP contribution in [0.25, 0.3) is 0 Å². The Kier molecular flexibility index (Phi) is 2.75. The van der Waals surface area contributed by atoms with E-state index in [1.165, 1.54) is 11.3 Å². The van der Waals surface area contributed by atoms with E-state index in [2.05, 4.69) is 24.0 Å². The lowest BCUT2D eigenvalue weighted by atomic mass is 10.1. The minimum Gasteiger partial charge on any atom is -0.338 e. The topological polar surface area (TPSA) is 49.0 Å². The monoisotopic (exact) mass is 207 g/mol. The van der Waals surface area contributed by atoms with Gasteiger partial charge >= 0.3 is 0 Å². The van der Waals surface area contributed by atoms with Gasteiger partial charge in [0.1, 0.15) is 0 Å². The number of fused-ring (bicyclic) bond motifs is 1. The van der Waals surface area contributed by atoms with Gasteiger partial charge in [0.2, 0.25) is 5.91 Å². The molecule has 2 heterocycles. The maximum Gasteiger partial charge on any atom is 0.223 e. The van der Waals surface area contributed by atoms with Crippen molar-refractivity contribution in [1.82, 2.24) is 15.1 Å². The molecule has 0 aliphatic carbocycles. The highest BCUT2D eigenvalue weighted by atomic mass is 16.2. The summed E-state index contributed by atoms with van der Waals surface area (Å²) >= 11 is 0. The summed E-state index contributed by atoms with van der Waals surface area (Å²) in [6.07, 6.45) is 3.37. The minimum atomic E-state index is 0.261. The zero-order valence-electron chi connectivity index (χ0n) is 9.29. The molecule has 1 aliphatic heterocycles. The number of H-pyrrole nitrogens is 1. The van der Waals surface area contributed by atoms with Crippen LogP contribution in [0.1, 0.15) is 31.5 Å². The number of nitrogens with zero attached hydrogens (tertiary/aromatic N) is 2. The van der Waals surface area contributed by atoms with Gasteiger partial charge in [-0.2, -0.15) is 5.10 Å². The summed E-state index contributed by atoms with van der Waals surface area (Å²) in [6.45, 7) is 5.69. The van der Waals surface area contributed by atoms with Crippen molar-refractivity contribution >= 4 is 5.91 Å². The first kappa shape index (κ1) is 10.2. The van der Waals surface area contributed by atoms with Gasteiger partial charge in [-0.05, 0) is 5.92 Å². The predicted molar refractivity (Wildman–Crippen MR) is 57.2 cm³/mol. The number of hydrogen-bond acceptors (Lipinski definition) is 2. The third-order valence-electron chi connectivity index (χ3n) is 2.74. The maximum atomic E-state index is 11.8. The molecule has 1 aliphatic rings. The molecule has 0 spiro atoms. The minimum absolute atomic E-state index is 0.261. The molecular weight excluding hydrogens is 190 g/mol. The molecular formula is C11H17N3O. The van der Waals surface area contributed by atoms with Crippen molar-refractivity contribution in [3.8, 4) is 0 Å². The molecule has 82 valence electrons. The van der Waals surface area contributed by atoms with Crippen LogP contribution in [-0.2, 0) is 17.8 Å². The SMILES string of the molecule is CC(C)CC(=O)N1CCc2[nH]ncc2C1. The summed E-state index contributed by atoms with van der Waals surface area (Å²) in [5.41, 5.74) is 2.35. The van der Waals surface area contributed by atoms with Crippen LogP contribution in [0.5, 0.6) is 0 Å². The molecule has 4 heteroatoms. The fourth-order valence-electron chi connectivity index (χ4n) is 1.91. The van der Waals surface area contributed by atoms with Crippen LogP contribution >= 0.6 is 0 Å². The molecule has 0 saturated carbocycles. The van der Waals surface area contributed by atoms with E-state index < -0.39 is 0 Å². The van der Waals surface area contributed by atoms with Crippen molar-refractivity contribution in [1.29, 1.82) is 0 Å². The van der Waals surface area contributed by atoms with Crippen LogP contribution in [0.4, 0.5) is 0 Å². The molecule has 2 rings (SSSR count). The highest BCUT2D eigenvalue weighted by Crippen LogP contribution is 2.17. The average molecular weight is 207 g/mol. The number of amides is 1. The van der Waals surface area contributed by atoms with Crippen molar-refractivity contribution in [2.24, 2.45) is 5.92 Å². The Morgan fingerprint density at radius 1 is 1.67 bits per heavy atom. The quantitative estimate of drug-likeness (QED) is 0.795. The molecule has 0 saturated heterocycles. The van der Waals surface area contributed by atoms with Crippen molar-refractivity contribution in [3.05, 3.63) is 17.5 Å². The molecule has 0 atom stereocenters. The number of aromatic nitrogens is 2. The van der Waals surface area contributed by atoms with Gasteiger partial charge in [0, 0.05) is 37.2 Å². The summed E-state index contributed by atoms with van der Waals surface area (Å²) < 4.78 is 0. The number of aromatic amines is 1. The fourth-order valence-corrected chi connectivity index (χ4v) is 1.91. The number of carbonyl (C=O) groups excluding carboxylic acids is 1. The van der Waals surface area contributed by atoms with Crippen molar-refractivity contribution in [2.75, 3.05) is 6.54 Å². The molecule has 1 aromatic rings. The zero-order chi connectivity index (χ0) is 10.8. The molecule has 0 unspecified atom stereocenters. The van der Waals surface area contributed by atoms with E-state index in [1.807, 2.05) is 11.1 Å². The van der Waals surface area contributed by atoms with Crippen LogP contribution in [0.15, 0.2) is 6.20 Å². The van der Waals surface area contributed by atoms with Gasteiger partial charge in [-0.25, -0.2) is 0 Å². The Morgan fingerprint density at radius 3 is 3.20 bits per heavy atom. The van der Waals surface area contributed by atoms with E-state index >= 15 is 0 Å². The van der Waals surface area contributed by atoms with Crippen molar-refractivity contribution < 1.29 is 4.79 Å². The van der Waals surface area contributed by atoms with E-state index in [9.17, 15) is 4.79 Å². The largest absolute Gasteiger partial charge is 0.338 e. The summed E-state index contributed by atoms with van der Waals surface area (Å²) in [5, 5.41) is 6.97. The number of rotatable bonds is 2. The smallest absolute Gasteiger partial charge is 0.223 e. The Hall–Kier alpha value is -1.32.